The van der Waals surface area contributed by atoms with E-state index in [1.807, 2.05) is 6.92 Å². The third kappa shape index (κ3) is 1.35. The lowest BCUT2D eigenvalue weighted by atomic mass is 10.4. The molecule has 0 aliphatic carbocycles. The maximum Gasteiger partial charge on any atom is 0.211 e. The van der Waals surface area contributed by atoms with Crippen molar-refractivity contribution in [3.8, 4) is 0 Å². The Morgan fingerprint density at radius 1 is 1.62 bits per heavy atom. The van der Waals surface area contributed by atoms with Crippen LogP contribution in [0.4, 0.5) is 5.69 Å². The minimum Gasteiger partial charge on any atom is -0.341 e. The predicted octanol–water partition coefficient (Wildman–Crippen LogP) is 0.835. The molecule has 0 saturated heterocycles. The molecule has 2 aromatic rings. The highest BCUT2D eigenvalue weighted by molar-refractivity contribution is 5.79. The van der Waals surface area contributed by atoms with Crippen molar-refractivity contribution in [1.82, 2.24) is 15.0 Å². The smallest absolute Gasteiger partial charge is 0.211 e. The van der Waals surface area contributed by atoms with Crippen LogP contribution in [0.2, 0.25) is 0 Å². The van der Waals surface area contributed by atoms with E-state index in [1.165, 1.54) is 0 Å². The van der Waals surface area contributed by atoms with Gasteiger partial charge in [0, 0.05) is 0 Å². The van der Waals surface area contributed by atoms with Crippen LogP contribution in [0.15, 0.2) is 12.3 Å². The van der Waals surface area contributed by atoms with Gasteiger partial charge in [-0.3, -0.25) is 4.79 Å². The lowest BCUT2D eigenvalue weighted by Crippen LogP contribution is -1.93. The second kappa shape index (κ2) is 2.85. The van der Waals surface area contributed by atoms with Gasteiger partial charge in [-0.2, -0.15) is 0 Å². The maximum absolute atomic E-state index is 10.2. The Hall–Kier alpha value is -1.91. The number of nitrogens with one attached hydrogen (secondary N) is 2. The number of rotatable bonds is 2. The van der Waals surface area contributed by atoms with Gasteiger partial charge < -0.3 is 10.3 Å². The molecule has 66 valence electrons. The molecule has 0 atom stereocenters. The summed E-state index contributed by atoms with van der Waals surface area (Å²) in [6, 6.07) is 1.79. The number of aryl methyl sites for hydroxylation is 1. The van der Waals surface area contributed by atoms with Crippen molar-refractivity contribution in [2.45, 2.75) is 6.92 Å². The van der Waals surface area contributed by atoms with Gasteiger partial charge in [0.15, 0.2) is 5.65 Å². The second-order valence-corrected chi connectivity index (χ2v) is 2.68. The zero-order valence-corrected chi connectivity index (χ0v) is 7.03. The molecule has 0 saturated carbocycles. The van der Waals surface area contributed by atoms with Crippen LogP contribution < -0.4 is 5.32 Å². The molecule has 5 nitrogen and oxygen atoms in total. The summed E-state index contributed by atoms with van der Waals surface area (Å²) in [5.74, 6) is 0.811. The van der Waals surface area contributed by atoms with Gasteiger partial charge in [0.25, 0.3) is 0 Å². The number of nitrogens with zero attached hydrogens (tertiary/aromatic N) is 2. The number of amides is 1. The molecule has 0 unspecified atom stereocenters. The van der Waals surface area contributed by atoms with Crippen LogP contribution in [0.1, 0.15) is 5.82 Å². The molecule has 13 heavy (non-hydrogen) atoms. The number of hydrogen-bond acceptors (Lipinski definition) is 3. The quantitative estimate of drug-likeness (QED) is 0.666. The number of fused-ring (bicyclic) bond motifs is 1. The fourth-order valence-corrected chi connectivity index (χ4v) is 1.17. The molecule has 5 heteroatoms. The molecule has 0 aliphatic rings. The van der Waals surface area contributed by atoms with Gasteiger partial charge in [0.2, 0.25) is 6.41 Å². The topological polar surface area (TPSA) is 70.7 Å². The van der Waals surface area contributed by atoms with Crippen LogP contribution in [0, 0.1) is 6.92 Å². The standard InChI is InChI=1S/C8H8N4O/c1-5-11-7-2-6(10-4-13)3-9-8(7)12-5/h2-4H,1H3,(H,10,13)(H,9,11,12). The van der Waals surface area contributed by atoms with Crippen LogP contribution in [-0.4, -0.2) is 21.4 Å². The highest BCUT2D eigenvalue weighted by atomic mass is 16.1. The van der Waals surface area contributed by atoms with E-state index in [4.69, 9.17) is 0 Å². The summed E-state index contributed by atoms with van der Waals surface area (Å²) < 4.78 is 0. The average Bonchev–Trinajstić information content (AvgIpc) is 2.44. The highest BCUT2D eigenvalue weighted by Gasteiger charge is 2.00. The number of aromatic amines is 1. The molecule has 0 bridgehead atoms. The SMILES string of the molecule is Cc1nc2ncc(NC=O)cc2[nH]1. The summed E-state index contributed by atoms with van der Waals surface area (Å²) in [7, 11) is 0. The van der Waals surface area contributed by atoms with Gasteiger partial charge in [-0.05, 0) is 13.0 Å². The number of anilines is 1. The third-order valence-corrected chi connectivity index (χ3v) is 1.68. The first-order chi connectivity index (χ1) is 6.29. The Kier molecular flexibility index (Phi) is 1.70. The maximum atomic E-state index is 10.2. The van der Waals surface area contributed by atoms with Crippen LogP contribution >= 0.6 is 0 Å². The van der Waals surface area contributed by atoms with Crippen LogP contribution in [0.25, 0.3) is 11.2 Å². The van der Waals surface area contributed by atoms with Gasteiger partial charge >= 0.3 is 0 Å². The number of aromatic nitrogens is 3. The lowest BCUT2D eigenvalue weighted by Gasteiger charge is -1.95. The normalized spacial score (nSPS) is 10.2. The molecule has 0 spiro atoms. The monoisotopic (exact) mass is 176 g/mol. The van der Waals surface area contributed by atoms with E-state index in [-0.39, 0.29) is 0 Å². The molecule has 0 aliphatic heterocycles. The van der Waals surface area contributed by atoms with Crippen molar-refractivity contribution in [1.29, 1.82) is 0 Å². The van der Waals surface area contributed by atoms with Gasteiger partial charge in [-0.15, -0.1) is 0 Å². The number of hydrogen-bond donors (Lipinski definition) is 2. The molecule has 1 amide bonds. The van der Waals surface area contributed by atoms with Crippen LogP contribution in [-0.2, 0) is 4.79 Å². The van der Waals surface area contributed by atoms with Gasteiger partial charge in [-0.1, -0.05) is 0 Å². The predicted molar refractivity (Wildman–Crippen MR) is 48.3 cm³/mol. The van der Waals surface area contributed by atoms with E-state index < -0.39 is 0 Å². The van der Waals surface area contributed by atoms with Gasteiger partial charge in [0.05, 0.1) is 17.4 Å². The number of carbonyl (C=O) groups excluding carboxylic acids is 1. The minimum absolute atomic E-state index is 0.617. The molecule has 2 rings (SSSR count). The first-order valence-corrected chi connectivity index (χ1v) is 3.82. The molecule has 2 aromatic heterocycles. The van der Waals surface area contributed by atoms with E-state index in [0.29, 0.717) is 17.7 Å². The number of imidazole rings is 1. The highest BCUT2D eigenvalue weighted by Crippen LogP contribution is 2.13. The summed E-state index contributed by atoms with van der Waals surface area (Å²) in [5, 5.41) is 2.52. The summed E-state index contributed by atoms with van der Waals surface area (Å²) in [4.78, 5) is 21.4. The third-order valence-electron chi connectivity index (χ3n) is 1.68. The number of H-pyrrole nitrogens is 1. The van der Waals surface area contributed by atoms with Crippen molar-refractivity contribution in [2.75, 3.05) is 5.32 Å². The Bertz CT molecular complexity index is 448. The van der Waals surface area contributed by atoms with E-state index >= 15 is 0 Å². The Morgan fingerprint density at radius 3 is 3.23 bits per heavy atom. The molecular weight excluding hydrogens is 168 g/mol. The Labute approximate surface area is 74.2 Å². The number of pyridine rings is 1. The molecular formula is C8H8N4O. The number of carbonyl (C=O) groups is 1. The van der Waals surface area contributed by atoms with Crippen molar-refractivity contribution in [3.05, 3.63) is 18.1 Å². The second-order valence-electron chi connectivity index (χ2n) is 2.68. The summed E-state index contributed by atoms with van der Waals surface area (Å²) in [6.07, 6.45) is 2.18. The van der Waals surface area contributed by atoms with Gasteiger partial charge in [0.1, 0.15) is 5.82 Å². The van der Waals surface area contributed by atoms with Crippen LogP contribution in [0.5, 0.6) is 0 Å². The minimum atomic E-state index is 0.617. The fourth-order valence-electron chi connectivity index (χ4n) is 1.17. The van der Waals surface area contributed by atoms with Crippen molar-refractivity contribution in [3.63, 3.8) is 0 Å². The molecule has 2 heterocycles. The Balaban J connectivity index is 2.54. The molecule has 2 N–H and O–H groups in total. The van der Waals surface area contributed by atoms with Crippen molar-refractivity contribution >= 4 is 23.3 Å². The van der Waals surface area contributed by atoms with E-state index in [1.54, 1.807) is 12.3 Å². The van der Waals surface area contributed by atoms with Crippen molar-refractivity contribution < 1.29 is 4.79 Å². The van der Waals surface area contributed by atoms with E-state index in [9.17, 15) is 4.79 Å². The zero-order valence-electron chi connectivity index (χ0n) is 7.03. The Morgan fingerprint density at radius 2 is 2.46 bits per heavy atom. The first-order valence-electron chi connectivity index (χ1n) is 3.82. The van der Waals surface area contributed by atoms with E-state index in [2.05, 4.69) is 20.3 Å². The summed E-state index contributed by atoms with van der Waals surface area (Å²) in [5.41, 5.74) is 2.14. The van der Waals surface area contributed by atoms with Crippen molar-refractivity contribution in [2.24, 2.45) is 0 Å². The molecule has 0 fully saturated rings. The van der Waals surface area contributed by atoms with Crippen LogP contribution in [0.3, 0.4) is 0 Å². The summed E-state index contributed by atoms with van der Waals surface area (Å²) >= 11 is 0. The largest absolute Gasteiger partial charge is 0.341 e. The van der Waals surface area contributed by atoms with E-state index in [0.717, 1.165) is 11.3 Å². The summed E-state index contributed by atoms with van der Waals surface area (Å²) in [6.45, 7) is 1.86. The zero-order chi connectivity index (χ0) is 9.26. The fraction of sp³-hybridized carbons (Fsp3) is 0.125. The average molecular weight is 176 g/mol. The van der Waals surface area contributed by atoms with Gasteiger partial charge in [-0.25, -0.2) is 9.97 Å². The first kappa shape index (κ1) is 7.72. The molecule has 0 aromatic carbocycles. The lowest BCUT2D eigenvalue weighted by molar-refractivity contribution is -0.105. The molecule has 0 radical (unpaired) electrons.